The summed E-state index contributed by atoms with van der Waals surface area (Å²) >= 11 is 0. The van der Waals surface area contributed by atoms with Gasteiger partial charge >= 0.3 is 0 Å². The predicted octanol–water partition coefficient (Wildman–Crippen LogP) is 8.64. The zero-order valence-corrected chi connectivity index (χ0v) is 27.7. The van der Waals surface area contributed by atoms with E-state index in [-0.39, 0.29) is 17.6 Å². The standard InChI is InChI=1S/C41H38N2O6/c1-5-7-25-17-27(9-13-35(25)46-23-31-21-44-31)39-42-33-19-29(11-15-37(33)48-39)41(3,4)30-12-16-38-34(20-30)43-40(49-38)28-10-14-36(26(18-28)8-6-2)47-24-32-22-45-32/h5-6,9-20,31-32H,1-2,7-8,21-24H2,3-4H3. The van der Waals surface area contributed by atoms with Gasteiger partial charge in [-0.25, -0.2) is 9.97 Å². The molecule has 0 spiro atoms. The van der Waals surface area contributed by atoms with Crippen LogP contribution in [0.15, 0.2) is 107 Å². The molecule has 2 atom stereocenters. The van der Waals surface area contributed by atoms with Crippen LogP contribution in [-0.4, -0.2) is 48.6 Å². The molecule has 0 amide bonds. The average molecular weight is 655 g/mol. The summed E-state index contributed by atoms with van der Waals surface area (Å²) in [6.07, 6.45) is 5.48. The Labute approximate surface area is 285 Å². The van der Waals surface area contributed by atoms with Crippen LogP contribution in [-0.2, 0) is 27.7 Å². The van der Waals surface area contributed by atoms with Crippen molar-refractivity contribution in [3.8, 4) is 34.4 Å². The lowest BCUT2D eigenvalue weighted by molar-refractivity contribution is 0.261. The first-order valence-electron chi connectivity index (χ1n) is 16.7. The molecule has 2 saturated heterocycles. The molecule has 0 N–H and O–H groups in total. The fourth-order valence-electron chi connectivity index (χ4n) is 6.08. The molecule has 4 heterocycles. The molecule has 2 unspecified atom stereocenters. The molecule has 8 rings (SSSR count). The summed E-state index contributed by atoms with van der Waals surface area (Å²) in [4.78, 5) is 9.80. The van der Waals surface area contributed by atoms with Crippen molar-refractivity contribution in [3.63, 3.8) is 0 Å². The highest BCUT2D eigenvalue weighted by Crippen LogP contribution is 2.37. The Bertz CT molecular complexity index is 2030. The Balaban J connectivity index is 1.05. The van der Waals surface area contributed by atoms with Gasteiger partial charge in [0.1, 0.15) is 48.0 Å². The first kappa shape index (κ1) is 31.1. The lowest BCUT2D eigenvalue weighted by Gasteiger charge is -2.26. The van der Waals surface area contributed by atoms with Crippen molar-refractivity contribution in [2.24, 2.45) is 0 Å². The number of nitrogens with zero attached hydrogens (tertiary/aromatic N) is 2. The van der Waals surface area contributed by atoms with Gasteiger partial charge in [0.15, 0.2) is 11.2 Å². The summed E-state index contributed by atoms with van der Waals surface area (Å²) in [5, 5.41) is 0. The first-order chi connectivity index (χ1) is 23.9. The second-order valence-electron chi connectivity index (χ2n) is 13.2. The third kappa shape index (κ3) is 6.49. The quantitative estimate of drug-likeness (QED) is 0.0851. The maximum Gasteiger partial charge on any atom is 0.227 e. The van der Waals surface area contributed by atoms with E-state index in [0.29, 0.717) is 37.8 Å². The molecule has 4 aromatic carbocycles. The largest absolute Gasteiger partial charge is 0.490 e. The van der Waals surface area contributed by atoms with Crippen LogP contribution in [0.25, 0.3) is 45.1 Å². The third-order valence-corrected chi connectivity index (χ3v) is 9.22. The van der Waals surface area contributed by atoms with Crippen molar-refractivity contribution in [1.29, 1.82) is 0 Å². The smallest absolute Gasteiger partial charge is 0.227 e. The normalized spacial score (nSPS) is 16.9. The van der Waals surface area contributed by atoms with E-state index in [1.54, 1.807) is 0 Å². The summed E-state index contributed by atoms with van der Waals surface area (Å²) in [6.45, 7) is 14.9. The van der Waals surface area contributed by atoms with E-state index in [0.717, 1.165) is 80.3 Å². The number of ether oxygens (including phenoxy) is 4. The monoisotopic (exact) mass is 654 g/mol. The highest BCUT2D eigenvalue weighted by Gasteiger charge is 2.27. The summed E-state index contributed by atoms with van der Waals surface area (Å²) in [5.41, 5.74) is 8.80. The predicted molar refractivity (Wildman–Crippen MR) is 189 cm³/mol. The van der Waals surface area contributed by atoms with Gasteiger partial charge < -0.3 is 27.8 Å². The summed E-state index contributed by atoms with van der Waals surface area (Å²) < 4.78 is 35.0. The topological polar surface area (TPSA) is 95.6 Å². The number of benzene rings is 4. The maximum absolute atomic E-state index is 6.23. The minimum absolute atomic E-state index is 0.189. The molecule has 0 radical (unpaired) electrons. The van der Waals surface area contributed by atoms with Gasteiger partial charge in [-0.2, -0.15) is 0 Å². The molecule has 2 aliphatic heterocycles. The van der Waals surface area contributed by atoms with Gasteiger partial charge in [-0.1, -0.05) is 38.1 Å². The van der Waals surface area contributed by atoms with Crippen LogP contribution in [0.1, 0.15) is 36.1 Å². The zero-order valence-electron chi connectivity index (χ0n) is 27.7. The van der Waals surface area contributed by atoms with E-state index in [1.165, 1.54) is 0 Å². The molecule has 8 nitrogen and oxygen atoms in total. The highest BCUT2D eigenvalue weighted by molar-refractivity contribution is 5.80. The van der Waals surface area contributed by atoms with Crippen molar-refractivity contribution < 1.29 is 27.8 Å². The first-order valence-corrected chi connectivity index (χ1v) is 16.7. The lowest BCUT2D eigenvalue weighted by Crippen LogP contribution is -2.18. The molecule has 0 saturated carbocycles. The molecule has 2 aromatic heterocycles. The second-order valence-corrected chi connectivity index (χ2v) is 13.2. The van der Waals surface area contributed by atoms with Crippen molar-refractivity contribution >= 4 is 22.2 Å². The van der Waals surface area contributed by atoms with Crippen LogP contribution >= 0.6 is 0 Å². The van der Waals surface area contributed by atoms with Gasteiger partial charge in [0.25, 0.3) is 0 Å². The Kier molecular flexibility index (Phi) is 8.06. The molecular weight excluding hydrogens is 616 g/mol. The number of hydrogen-bond acceptors (Lipinski definition) is 8. The van der Waals surface area contributed by atoms with E-state index < -0.39 is 0 Å². The lowest BCUT2D eigenvalue weighted by atomic mass is 9.78. The van der Waals surface area contributed by atoms with Gasteiger partial charge in [-0.15, -0.1) is 13.2 Å². The Hall–Kier alpha value is -5.18. The summed E-state index contributed by atoms with van der Waals surface area (Å²) in [5.74, 6) is 2.79. The number of fused-ring (bicyclic) bond motifs is 2. The van der Waals surface area contributed by atoms with E-state index in [4.69, 9.17) is 37.7 Å². The minimum atomic E-state index is -0.344. The molecular formula is C41H38N2O6. The van der Waals surface area contributed by atoms with E-state index in [2.05, 4.69) is 63.4 Å². The maximum atomic E-state index is 6.23. The van der Waals surface area contributed by atoms with Crippen LogP contribution in [0.3, 0.4) is 0 Å². The second kappa shape index (κ2) is 12.7. The van der Waals surface area contributed by atoms with Gasteiger partial charge in [-0.3, -0.25) is 0 Å². The number of epoxide rings is 2. The molecule has 0 aliphatic carbocycles. The highest BCUT2D eigenvalue weighted by atomic mass is 16.6. The van der Waals surface area contributed by atoms with Crippen molar-refractivity contribution in [2.75, 3.05) is 26.4 Å². The van der Waals surface area contributed by atoms with Crippen molar-refractivity contribution in [3.05, 3.63) is 120 Å². The van der Waals surface area contributed by atoms with Crippen LogP contribution < -0.4 is 9.47 Å². The molecule has 248 valence electrons. The van der Waals surface area contributed by atoms with E-state index in [9.17, 15) is 0 Å². The van der Waals surface area contributed by atoms with Crippen LogP contribution in [0.4, 0.5) is 0 Å². The summed E-state index contributed by atoms with van der Waals surface area (Å²) in [7, 11) is 0. The molecule has 0 bridgehead atoms. The molecule has 6 aromatic rings. The van der Waals surface area contributed by atoms with Gasteiger partial charge in [0, 0.05) is 16.5 Å². The number of rotatable bonds is 14. The fourth-order valence-corrected chi connectivity index (χ4v) is 6.08. The molecule has 2 fully saturated rings. The van der Waals surface area contributed by atoms with Gasteiger partial charge in [0.2, 0.25) is 11.8 Å². The summed E-state index contributed by atoms with van der Waals surface area (Å²) in [6, 6.07) is 24.5. The fraction of sp³-hybridized carbons (Fsp3) is 0.268. The van der Waals surface area contributed by atoms with Crippen molar-refractivity contribution in [2.45, 2.75) is 44.3 Å². The van der Waals surface area contributed by atoms with Crippen LogP contribution in [0.5, 0.6) is 11.5 Å². The zero-order chi connectivity index (χ0) is 33.5. The number of allylic oxidation sites excluding steroid dienone is 2. The molecule has 2 aliphatic rings. The Morgan fingerprint density at radius 3 is 1.53 bits per heavy atom. The third-order valence-electron chi connectivity index (χ3n) is 9.22. The Morgan fingerprint density at radius 2 is 1.12 bits per heavy atom. The van der Waals surface area contributed by atoms with Gasteiger partial charge in [0.05, 0.1) is 13.2 Å². The SMILES string of the molecule is C=CCc1cc(-c2nc3cc(C(C)(C)c4ccc5oc(-c6ccc(OCC7CO7)c(CC=C)c6)nc5c4)ccc3o2)ccc1OCC1CO1. The average Bonchev–Trinajstić information content (AvgIpc) is 4.03. The van der Waals surface area contributed by atoms with Crippen molar-refractivity contribution in [1.82, 2.24) is 9.97 Å². The number of hydrogen-bond donors (Lipinski definition) is 0. The Morgan fingerprint density at radius 1 is 0.673 bits per heavy atom. The minimum Gasteiger partial charge on any atom is -0.490 e. The number of oxazole rings is 2. The molecule has 8 heteroatoms. The number of aromatic nitrogens is 2. The van der Waals surface area contributed by atoms with E-state index in [1.807, 2.05) is 48.6 Å². The van der Waals surface area contributed by atoms with Crippen LogP contribution in [0, 0.1) is 0 Å². The van der Waals surface area contributed by atoms with E-state index >= 15 is 0 Å². The van der Waals surface area contributed by atoms with Crippen LogP contribution in [0.2, 0.25) is 0 Å². The van der Waals surface area contributed by atoms with Gasteiger partial charge in [-0.05, 0) is 95.8 Å². The molecule has 49 heavy (non-hydrogen) atoms.